The zero-order chi connectivity index (χ0) is 17.3. The van der Waals surface area contributed by atoms with Crippen molar-refractivity contribution < 1.29 is 14.3 Å². The first-order chi connectivity index (χ1) is 11.4. The van der Waals surface area contributed by atoms with Crippen LogP contribution >= 0.6 is 27.5 Å². The minimum Gasteiger partial charge on any atom is -0.423 e. The number of anilines is 2. The number of carbonyl (C=O) groups is 2. The van der Waals surface area contributed by atoms with Gasteiger partial charge in [0.25, 0.3) is 0 Å². The lowest BCUT2D eigenvalue weighted by Gasteiger charge is -2.29. The van der Waals surface area contributed by atoms with Crippen LogP contribution in [-0.4, -0.2) is 25.0 Å². The van der Waals surface area contributed by atoms with Gasteiger partial charge in [-0.25, -0.2) is 4.79 Å². The quantitative estimate of drug-likeness (QED) is 0.619. The molecule has 1 aliphatic heterocycles. The summed E-state index contributed by atoms with van der Waals surface area (Å²) in [5.74, 6) is -0.241. The van der Waals surface area contributed by atoms with E-state index in [9.17, 15) is 9.59 Å². The summed E-state index contributed by atoms with van der Waals surface area (Å²) in [5.41, 5.74) is 2.39. The number of hydrogen-bond donors (Lipinski definition) is 1. The van der Waals surface area contributed by atoms with Gasteiger partial charge in [-0.15, -0.1) is 0 Å². The molecule has 0 aliphatic carbocycles. The average molecular weight is 410 g/mol. The van der Waals surface area contributed by atoms with Gasteiger partial charge in [-0.3, -0.25) is 4.79 Å². The molecule has 1 aliphatic rings. The molecule has 3 rings (SSSR count). The Hall–Kier alpha value is -2.05. The number of nitrogens with zero attached hydrogens (tertiary/aromatic N) is 1. The molecule has 24 heavy (non-hydrogen) atoms. The van der Waals surface area contributed by atoms with Crippen molar-refractivity contribution in [2.24, 2.45) is 0 Å². The van der Waals surface area contributed by atoms with Crippen molar-refractivity contribution >= 4 is 50.8 Å². The molecule has 1 heterocycles. The lowest BCUT2D eigenvalue weighted by molar-refractivity contribution is -0.133. The van der Waals surface area contributed by atoms with Crippen molar-refractivity contribution in [1.29, 1.82) is 0 Å². The fraction of sp³-hybridized carbons (Fsp3) is 0.176. The normalized spacial score (nSPS) is 13.3. The summed E-state index contributed by atoms with van der Waals surface area (Å²) in [4.78, 5) is 25.7. The summed E-state index contributed by atoms with van der Waals surface area (Å²) < 4.78 is 5.97. The van der Waals surface area contributed by atoms with Crippen molar-refractivity contribution in [1.82, 2.24) is 0 Å². The molecule has 0 aromatic heterocycles. The van der Waals surface area contributed by atoms with Gasteiger partial charge in [0.05, 0.1) is 17.9 Å². The molecule has 2 aromatic rings. The highest BCUT2D eigenvalue weighted by molar-refractivity contribution is 9.10. The minimum atomic E-state index is -0.408. The van der Waals surface area contributed by atoms with E-state index in [-0.39, 0.29) is 19.0 Å². The highest BCUT2D eigenvalue weighted by Crippen LogP contribution is 2.34. The van der Waals surface area contributed by atoms with Crippen LogP contribution < -0.4 is 15.0 Å². The number of benzene rings is 2. The number of esters is 1. The van der Waals surface area contributed by atoms with Crippen LogP contribution in [0.3, 0.4) is 0 Å². The summed E-state index contributed by atoms with van der Waals surface area (Å²) in [6.45, 7) is 1.98. The summed E-state index contributed by atoms with van der Waals surface area (Å²) in [7, 11) is 0. The Morgan fingerprint density at radius 3 is 2.88 bits per heavy atom. The third-order valence-electron chi connectivity index (χ3n) is 3.54. The van der Waals surface area contributed by atoms with E-state index in [1.807, 2.05) is 25.1 Å². The molecular weight excluding hydrogens is 396 g/mol. The topological polar surface area (TPSA) is 58.6 Å². The number of halogens is 2. The molecule has 0 spiro atoms. The molecular formula is C17H14BrClN2O3. The summed E-state index contributed by atoms with van der Waals surface area (Å²) >= 11 is 9.43. The van der Waals surface area contributed by atoms with Crippen LogP contribution in [0.4, 0.5) is 11.4 Å². The Labute approximate surface area is 152 Å². The maximum atomic E-state index is 12.4. The van der Waals surface area contributed by atoms with E-state index in [4.69, 9.17) is 16.3 Å². The first-order valence-electron chi connectivity index (χ1n) is 7.23. The number of nitrogens with one attached hydrogen (secondary N) is 1. The van der Waals surface area contributed by atoms with E-state index in [2.05, 4.69) is 21.2 Å². The van der Waals surface area contributed by atoms with Gasteiger partial charge in [0.15, 0.2) is 5.75 Å². The number of hydrogen-bond acceptors (Lipinski definition) is 4. The molecule has 0 saturated carbocycles. The molecule has 2 aromatic carbocycles. The van der Waals surface area contributed by atoms with E-state index in [0.717, 1.165) is 10.0 Å². The van der Waals surface area contributed by atoms with Crippen LogP contribution in [0.1, 0.15) is 5.56 Å². The van der Waals surface area contributed by atoms with Crippen molar-refractivity contribution in [2.75, 3.05) is 23.3 Å². The fourth-order valence-electron chi connectivity index (χ4n) is 2.45. The molecule has 1 N–H and O–H groups in total. The third kappa shape index (κ3) is 3.71. The second-order valence-corrected chi connectivity index (χ2v) is 6.76. The van der Waals surface area contributed by atoms with Crippen LogP contribution in [-0.2, 0) is 9.59 Å². The van der Waals surface area contributed by atoms with Crippen molar-refractivity contribution in [3.05, 3.63) is 51.5 Å². The molecule has 124 valence electrons. The molecule has 0 unspecified atom stereocenters. The average Bonchev–Trinajstić information content (AvgIpc) is 2.51. The Balaban J connectivity index is 1.77. The maximum absolute atomic E-state index is 12.4. The Morgan fingerprint density at radius 1 is 1.33 bits per heavy atom. The Kier molecular flexibility index (Phi) is 4.78. The summed E-state index contributed by atoms with van der Waals surface area (Å²) in [6, 6.07) is 10.6. The Morgan fingerprint density at radius 2 is 2.12 bits per heavy atom. The number of aryl methyl sites for hydroxylation is 1. The largest absolute Gasteiger partial charge is 0.423 e. The fourth-order valence-corrected chi connectivity index (χ4v) is 3.20. The number of fused-ring (bicyclic) bond motifs is 1. The van der Waals surface area contributed by atoms with Crippen LogP contribution in [0.5, 0.6) is 5.75 Å². The Bertz CT molecular complexity index is 825. The number of ether oxygens (including phenoxy) is 1. The lowest BCUT2D eigenvalue weighted by Crippen LogP contribution is -2.41. The summed E-state index contributed by atoms with van der Waals surface area (Å²) in [5, 5.41) is 3.34. The lowest BCUT2D eigenvalue weighted by atomic mass is 10.2. The second-order valence-electron chi connectivity index (χ2n) is 5.47. The second kappa shape index (κ2) is 6.83. The molecule has 0 radical (unpaired) electrons. The van der Waals surface area contributed by atoms with Crippen LogP contribution in [0.2, 0.25) is 5.02 Å². The van der Waals surface area contributed by atoms with Gasteiger partial charge < -0.3 is 15.0 Å². The first kappa shape index (κ1) is 16.8. The number of carbonyl (C=O) groups excluding carboxylic acids is 2. The van der Waals surface area contributed by atoms with Crippen LogP contribution in [0.25, 0.3) is 0 Å². The first-order valence-corrected chi connectivity index (χ1v) is 8.40. The minimum absolute atomic E-state index is 0.00414. The monoisotopic (exact) mass is 408 g/mol. The molecule has 7 heteroatoms. The van der Waals surface area contributed by atoms with Crippen molar-refractivity contribution in [2.45, 2.75) is 6.92 Å². The van der Waals surface area contributed by atoms with Gasteiger partial charge in [0, 0.05) is 9.50 Å². The van der Waals surface area contributed by atoms with Crippen LogP contribution in [0, 0.1) is 6.92 Å². The maximum Gasteiger partial charge on any atom is 0.331 e. The molecule has 0 atom stereocenters. The van der Waals surface area contributed by atoms with E-state index in [1.165, 1.54) is 0 Å². The summed E-state index contributed by atoms with van der Waals surface area (Å²) in [6.07, 6.45) is 0. The van der Waals surface area contributed by atoms with Crippen LogP contribution in [0.15, 0.2) is 40.9 Å². The molecule has 0 saturated heterocycles. The smallest absolute Gasteiger partial charge is 0.331 e. The highest BCUT2D eigenvalue weighted by atomic mass is 79.9. The van der Waals surface area contributed by atoms with Gasteiger partial charge >= 0.3 is 5.97 Å². The molecule has 1 amide bonds. The predicted molar refractivity (Wildman–Crippen MR) is 96.8 cm³/mol. The highest BCUT2D eigenvalue weighted by Gasteiger charge is 2.26. The molecule has 0 bridgehead atoms. The van der Waals surface area contributed by atoms with Crippen molar-refractivity contribution in [3.8, 4) is 5.75 Å². The van der Waals surface area contributed by atoms with E-state index < -0.39 is 5.97 Å². The predicted octanol–water partition coefficient (Wildman–Crippen LogP) is 3.78. The van der Waals surface area contributed by atoms with Gasteiger partial charge in [0.2, 0.25) is 5.91 Å². The van der Waals surface area contributed by atoms with E-state index in [1.54, 1.807) is 23.1 Å². The SMILES string of the molecule is Cc1ccc(NC(=O)CN2CC(=O)Oc3ccc(Cl)cc32)c(Br)c1. The third-order valence-corrected chi connectivity index (χ3v) is 4.43. The van der Waals surface area contributed by atoms with Gasteiger partial charge in [-0.2, -0.15) is 0 Å². The molecule has 0 fully saturated rings. The zero-order valence-electron chi connectivity index (χ0n) is 12.8. The number of amides is 1. The zero-order valence-corrected chi connectivity index (χ0v) is 15.1. The van der Waals surface area contributed by atoms with E-state index >= 15 is 0 Å². The van der Waals surface area contributed by atoms with Crippen molar-refractivity contribution in [3.63, 3.8) is 0 Å². The van der Waals surface area contributed by atoms with E-state index in [0.29, 0.717) is 22.1 Å². The standard InChI is InChI=1S/C17H14BrClN2O3/c1-10-2-4-13(12(18)6-10)20-16(22)8-21-9-17(23)24-15-5-3-11(19)7-14(15)21/h2-7H,8-9H2,1H3,(H,20,22). The van der Waals surface area contributed by atoms with Gasteiger partial charge in [-0.05, 0) is 58.7 Å². The van der Waals surface area contributed by atoms with Gasteiger partial charge in [0.1, 0.15) is 6.54 Å². The van der Waals surface area contributed by atoms with Gasteiger partial charge in [-0.1, -0.05) is 17.7 Å². The molecule has 5 nitrogen and oxygen atoms in total. The number of rotatable bonds is 3.